The number of aryl methyl sites for hydroxylation is 2. The Morgan fingerprint density at radius 1 is 1.32 bits per heavy atom. The van der Waals surface area contributed by atoms with E-state index < -0.39 is 0 Å². The number of hydrogen-bond donors (Lipinski definition) is 2. The first kappa shape index (κ1) is 13.8. The van der Waals surface area contributed by atoms with Crippen molar-refractivity contribution in [2.75, 3.05) is 6.61 Å². The van der Waals surface area contributed by atoms with Gasteiger partial charge in [0.2, 0.25) is 0 Å². The van der Waals surface area contributed by atoms with Crippen LogP contribution in [0.1, 0.15) is 17.0 Å². The Morgan fingerprint density at radius 3 is 2.63 bits per heavy atom. The van der Waals surface area contributed by atoms with Crippen molar-refractivity contribution in [2.45, 2.75) is 25.9 Å². The van der Waals surface area contributed by atoms with Gasteiger partial charge in [0.05, 0.1) is 18.0 Å². The molecule has 4 nitrogen and oxygen atoms in total. The molecule has 0 radical (unpaired) electrons. The molecule has 0 fully saturated rings. The van der Waals surface area contributed by atoms with Gasteiger partial charge in [0.25, 0.3) is 0 Å². The van der Waals surface area contributed by atoms with E-state index in [1.54, 1.807) is 0 Å². The molecule has 0 bridgehead atoms. The van der Waals surface area contributed by atoms with Gasteiger partial charge >= 0.3 is 0 Å². The number of nitrogens with one attached hydrogen (secondary N) is 1. The van der Waals surface area contributed by atoms with Crippen molar-refractivity contribution >= 4 is 0 Å². The third-order valence-corrected chi connectivity index (χ3v) is 3.22. The summed E-state index contributed by atoms with van der Waals surface area (Å²) in [6.45, 7) is 2.83. The van der Waals surface area contributed by atoms with E-state index >= 15 is 0 Å². The van der Waals surface area contributed by atoms with Crippen molar-refractivity contribution < 1.29 is 5.11 Å². The van der Waals surface area contributed by atoms with E-state index in [2.05, 4.69) is 28.6 Å². The van der Waals surface area contributed by atoms with E-state index in [9.17, 15) is 5.11 Å². The average Bonchev–Trinajstić information content (AvgIpc) is 2.74. The summed E-state index contributed by atoms with van der Waals surface area (Å²) in [6, 6.07) is 12.3. The van der Waals surface area contributed by atoms with Crippen LogP contribution in [0.3, 0.4) is 0 Å². The number of aliphatic hydroxyl groups excluding tert-OH is 1. The fraction of sp³-hybridized carbons (Fsp3) is 0.400. The minimum Gasteiger partial charge on any atom is -0.395 e. The monoisotopic (exact) mass is 259 g/mol. The molecule has 1 unspecified atom stereocenters. The lowest BCUT2D eigenvalue weighted by Gasteiger charge is -2.16. The van der Waals surface area contributed by atoms with E-state index in [0.29, 0.717) is 0 Å². The molecule has 0 amide bonds. The van der Waals surface area contributed by atoms with E-state index in [1.807, 2.05) is 36.9 Å². The van der Waals surface area contributed by atoms with Crippen molar-refractivity contribution in [1.82, 2.24) is 15.1 Å². The molecule has 0 aliphatic carbocycles. The molecule has 1 aromatic heterocycles. The van der Waals surface area contributed by atoms with Gasteiger partial charge in [-0.25, -0.2) is 0 Å². The summed E-state index contributed by atoms with van der Waals surface area (Å²) in [5, 5.41) is 17.1. The van der Waals surface area contributed by atoms with Gasteiger partial charge in [-0.05, 0) is 25.0 Å². The smallest absolute Gasteiger partial charge is 0.0597 e. The lowest BCUT2D eigenvalue weighted by atomic mass is 10.1. The standard InChI is InChI=1S/C15H21N3O/c1-12-8-15(18(2)17-12)10-16-14(11-19)9-13-6-4-3-5-7-13/h3-8,14,16,19H,9-11H2,1-2H3. The SMILES string of the molecule is Cc1cc(CNC(CO)Cc2ccccc2)n(C)n1. The van der Waals surface area contributed by atoms with Crippen LogP contribution >= 0.6 is 0 Å². The third kappa shape index (κ3) is 3.91. The van der Waals surface area contributed by atoms with Crippen LogP contribution in [-0.4, -0.2) is 27.5 Å². The molecule has 4 heteroatoms. The fourth-order valence-electron chi connectivity index (χ4n) is 2.18. The molecule has 0 saturated heterocycles. The molecule has 1 aromatic carbocycles. The van der Waals surface area contributed by atoms with Gasteiger partial charge in [0.1, 0.15) is 0 Å². The summed E-state index contributed by atoms with van der Waals surface area (Å²) in [4.78, 5) is 0. The second-order valence-electron chi connectivity index (χ2n) is 4.85. The van der Waals surface area contributed by atoms with Gasteiger partial charge in [0, 0.05) is 19.6 Å². The summed E-state index contributed by atoms with van der Waals surface area (Å²) in [5.74, 6) is 0. The maximum atomic E-state index is 9.45. The highest BCUT2D eigenvalue weighted by Crippen LogP contribution is 2.05. The van der Waals surface area contributed by atoms with Crippen LogP contribution in [0, 0.1) is 6.92 Å². The van der Waals surface area contributed by atoms with Crippen LogP contribution in [-0.2, 0) is 20.0 Å². The highest BCUT2D eigenvalue weighted by Gasteiger charge is 2.09. The molecular weight excluding hydrogens is 238 g/mol. The topological polar surface area (TPSA) is 50.1 Å². The minimum atomic E-state index is 0.0672. The summed E-state index contributed by atoms with van der Waals surface area (Å²) in [6.07, 6.45) is 0.828. The minimum absolute atomic E-state index is 0.0672. The van der Waals surface area contributed by atoms with Crippen LogP contribution in [0.25, 0.3) is 0 Å². The van der Waals surface area contributed by atoms with Gasteiger partial charge in [-0.2, -0.15) is 5.10 Å². The zero-order valence-electron chi connectivity index (χ0n) is 11.5. The van der Waals surface area contributed by atoms with Gasteiger partial charge < -0.3 is 10.4 Å². The Kier molecular flexibility index (Phi) is 4.71. The predicted molar refractivity (Wildman–Crippen MR) is 75.8 cm³/mol. The molecule has 0 saturated carbocycles. The Bertz CT molecular complexity index is 507. The van der Waals surface area contributed by atoms with E-state index in [4.69, 9.17) is 0 Å². The zero-order valence-corrected chi connectivity index (χ0v) is 11.5. The summed E-state index contributed by atoms with van der Waals surface area (Å²) in [7, 11) is 1.94. The highest BCUT2D eigenvalue weighted by atomic mass is 16.3. The van der Waals surface area contributed by atoms with Gasteiger partial charge in [-0.15, -0.1) is 0 Å². The van der Waals surface area contributed by atoms with Crippen molar-refractivity contribution in [3.05, 3.63) is 53.3 Å². The number of aliphatic hydroxyl groups is 1. The lowest BCUT2D eigenvalue weighted by molar-refractivity contribution is 0.240. The van der Waals surface area contributed by atoms with Crippen LogP contribution in [0.5, 0.6) is 0 Å². The molecule has 2 rings (SSSR count). The molecular formula is C15H21N3O. The van der Waals surface area contributed by atoms with Crippen LogP contribution < -0.4 is 5.32 Å². The average molecular weight is 259 g/mol. The highest BCUT2D eigenvalue weighted by molar-refractivity contribution is 5.16. The largest absolute Gasteiger partial charge is 0.395 e. The first-order valence-electron chi connectivity index (χ1n) is 6.56. The number of hydrogen-bond acceptors (Lipinski definition) is 3. The van der Waals surface area contributed by atoms with E-state index in [1.165, 1.54) is 5.56 Å². The van der Waals surface area contributed by atoms with E-state index in [-0.39, 0.29) is 12.6 Å². The van der Waals surface area contributed by atoms with Crippen molar-refractivity contribution in [2.24, 2.45) is 7.05 Å². The molecule has 2 N–H and O–H groups in total. The molecule has 102 valence electrons. The lowest BCUT2D eigenvalue weighted by Crippen LogP contribution is -2.34. The maximum absolute atomic E-state index is 9.45. The first-order chi connectivity index (χ1) is 9.19. The quantitative estimate of drug-likeness (QED) is 0.825. The van der Waals surface area contributed by atoms with Gasteiger partial charge in [0.15, 0.2) is 0 Å². The number of rotatable bonds is 6. The van der Waals surface area contributed by atoms with Crippen LogP contribution in [0.4, 0.5) is 0 Å². The fourth-order valence-corrected chi connectivity index (χ4v) is 2.18. The molecule has 1 atom stereocenters. The predicted octanol–water partition coefficient (Wildman–Crippen LogP) is 1.42. The summed E-state index contributed by atoms with van der Waals surface area (Å²) in [5.41, 5.74) is 3.38. The Labute approximate surface area is 114 Å². The zero-order chi connectivity index (χ0) is 13.7. The normalized spacial score (nSPS) is 12.6. The second kappa shape index (κ2) is 6.50. The molecule has 19 heavy (non-hydrogen) atoms. The first-order valence-corrected chi connectivity index (χ1v) is 6.56. The molecule has 0 aliphatic heterocycles. The maximum Gasteiger partial charge on any atom is 0.0597 e. The Hall–Kier alpha value is -1.65. The van der Waals surface area contributed by atoms with Gasteiger partial charge in [-0.1, -0.05) is 30.3 Å². The van der Waals surface area contributed by atoms with Gasteiger partial charge in [-0.3, -0.25) is 4.68 Å². The van der Waals surface area contributed by atoms with Crippen molar-refractivity contribution in [1.29, 1.82) is 0 Å². The van der Waals surface area contributed by atoms with Crippen molar-refractivity contribution in [3.63, 3.8) is 0 Å². The Morgan fingerprint density at radius 2 is 2.05 bits per heavy atom. The Balaban J connectivity index is 1.91. The number of benzene rings is 1. The van der Waals surface area contributed by atoms with Crippen LogP contribution in [0.2, 0.25) is 0 Å². The summed E-state index contributed by atoms with van der Waals surface area (Å²) >= 11 is 0. The van der Waals surface area contributed by atoms with Crippen molar-refractivity contribution in [3.8, 4) is 0 Å². The number of aromatic nitrogens is 2. The number of nitrogens with zero attached hydrogens (tertiary/aromatic N) is 2. The molecule has 1 heterocycles. The molecule has 0 aliphatic rings. The molecule has 2 aromatic rings. The second-order valence-corrected chi connectivity index (χ2v) is 4.85. The summed E-state index contributed by atoms with van der Waals surface area (Å²) < 4.78 is 1.87. The van der Waals surface area contributed by atoms with E-state index in [0.717, 1.165) is 24.4 Å². The third-order valence-electron chi connectivity index (χ3n) is 3.22. The molecule has 0 spiro atoms. The van der Waals surface area contributed by atoms with Crippen LogP contribution in [0.15, 0.2) is 36.4 Å².